The highest BCUT2D eigenvalue weighted by atomic mass is 32.1. The number of aromatic nitrogens is 3. The molecule has 0 bridgehead atoms. The van der Waals surface area contributed by atoms with E-state index < -0.39 is 0 Å². The van der Waals surface area contributed by atoms with E-state index in [1.807, 2.05) is 12.1 Å². The zero-order valence-electron chi connectivity index (χ0n) is 14.3. The van der Waals surface area contributed by atoms with E-state index in [0.717, 1.165) is 34.2 Å². The third kappa shape index (κ3) is 3.09. The van der Waals surface area contributed by atoms with Crippen molar-refractivity contribution in [2.45, 2.75) is 31.7 Å². The van der Waals surface area contributed by atoms with E-state index >= 15 is 0 Å². The van der Waals surface area contributed by atoms with Crippen LogP contribution in [0.2, 0.25) is 0 Å². The molecule has 3 aromatic rings. The van der Waals surface area contributed by atoms with Gasteiger partial charge in [0.05, 0.1) is 18.0 Å². The Bertz CT molecular complexity index is 852. The van der Waals surface area contributed by atoms with Gasteiger partial charge in [-0.3, -0.25) is 4.90 Å². The lowest BCUT2D eigenvalue weighted by Gasteiger charge is -2.30. The third-order valence-electron chi connectivity index (χ3n) is 4.80. The molecule has 1 aliphatic heterocycles. The van der Waals surface area contributed by atoms with Gasteiger partial charge in [-0.25, -0.2) is 4.98 Å². The fourth-order valence-electron chi connectivity index (χ4n) is 3.57. The monoisotopic (exact) mass is 358 g/mol. The number of fused-ring (bicyclic) bond motifs is 1. The Kier molecular flexibility index (Phi) is 4.59. The minimum absolute atomic E-state index is 0.0123. The van der Waals surface area contributed by atoms with Crippen molar-refractivity contribution < 1.29 is 9.84 Å². The molecular weight excluding hydrogens is 336 g/mol. The molecule has 0 amide bonds. The smallest absolute Gasteiger partial charge is 0.230 e. The Morgan fingerprint density at radius 2 is 2.00 bits per heavy atom. The van der Waals surface area contributed by atoms with E-state index in [-0.39, 0.29) is 11.9 Å². The van der Waals surface area contributed by atoms with Gasteiger partial charge in [-0.15, -0.1) is 0 Å². The lowest BCUT2D eigenvalue weighted by Crippen LogP contribution is -2.30. The summed E-state index contributed by atoms with van der Waals surface area (Å²) < 4.78 is 6.94. The van der Waals surface area contributed by atoms with E-state index in [0.29, 0.717) is 0 Å². The number of hydrogen-bond acceptors (Lipinski definition) is 6. The highest BCUT2D eigenvalue weighted by Crippen LogP contribution is 2.41. The molecule has 1 atom stereocenters. The summed E-state index contributed by atoms with van der Waals surface area (Å²) in [6.45, 7) is 2.05. The summed E-state index contributed by atoms with van der Waals surface area (Å²) in [7, 11) is 1.68. The van der Waals surface area contributed by atoms with Crippen LogP contribution in [-0.2, 0) is 0 Å². The molecule has 0 saturated carbocycles. The van der Waals surface area contributed by atoms with Crippen LogP contribution in [0.3, 0.4) is 0 Å². The fraction of sp³-hybridized carbons (Fsp3) is 0.444. The van der Waals surface area contributed by atoms with Gasteiger partial charge >= 0.3 is 0 Å². The summed E-state index contributed by atoms with van der Waals surface area (Å²) in [5, 5.41) is 14.9. The molecule has 3 heterocycles. The Morgan fingerprint density at radius 3 is 2.72 bits per heavy atom. The standard InChI is InChI=1S/C18H22N4O2S/c1-24-14-8-6-7-13(11-14)15(21-9-4-2-3-5-10-21)16-17(23)22-18(25-16)19-12-20-22/h6-8,11-12,15,23H,2-5,9-10H2,1H3. The number of thiazole rings is 1. The first-order valence-corrected chi connectivity index (χ1v) is 9.49. The zero-order chi connectivity index (χ0) is 17.2. The van der Waals surface area contributed by atoms with Gasteiger partial charge in [0.2, 0.25) is 10.8 Å². The summed E-state index contributed by atoms with van der Waals surface area (Å²) in [4.78, 5) is 8.32. The molecule has 6 nitrogen and oxygen atoms in total. The molecule has 0 radical (unpaired) electrons. The Labute approximate surface area is 150 Å². The molecule has 1 fully saturated rings. The molecule has 7 heteroatoms. The van der Waals surface area contributed by atoms with E-state index in [4.69, 9.17) is 4.74 Å². The minimum atomic E-state index is -0.0123. The van der Waals surface area contributed by atoms with E-state index in [1.54, 1.807) is 7.11 Å². The topological polar surface area (TPSA) is 62.9 Å². The summed E-state index contributed by atoms with van der Waals surface area (Å²) in [5.74, 6) is 1.02. The molecule has 25 heavy (non-hydrogen) atoms. The van der Waals surface area contributed by atoms with E-state index in [2.05, 4.69) is 27.1 Å². The summed E-state index contributed by atoms with van der Waals surface area (Å²) in [6.07, 6.45) is 6.37. The molecule has 1 aliphatic rings. The van der Waals surface area contributed by atoms with Gasteiger partial charge in [0.15, 0.2) is 0 Å². The first kappa shape index (κ1) is 16.4. The number of aromatic hydroxyl groups is 1. The Hall–Kier alpha value is -2.12. The lowest BCUT2D eigenvalue weighted by molar-refractivity contribution is 0.232. The van der Waals surface area contributed by atoms with Crippen LogP contribution in [0.25, 0.3) is 4.96 Å². The van der Waals surface area contributed by atoms with Crippen molar-refractivity contribution in [3.8, 4) is 11.6 Å². The summed E-state index contributed by atoms with van der Waals surface area (Å²) >= 11 is 1.50. The molecule has 2 aromatic heterocycles. The molecule has 1 N–H and O–H groups in total. The molecule has 1 unspecified atom stereocenters. The van der Waals surface area contributed by atoms with Gasteiger partial charge < -0.3 is 9.84 Å². The van der Waals surface area contributed by atoms with Crippen LogP contribution in [0.15, 0.2) is 30.6 Å². The van der Waals surface area contributed by atoms with Crippen molar-refractivity contribution in [1.29, 1.82) is 0 Å². The van der Waals surface area contributed by atoms with Gasteiger partial charge in [-0.05, 0) is 43.6 Å². The second-order valence-corrected chi connectivity index (χ2v) is 7.38. The van der Waals surface area contributed by atoms with Crippen LogP contribution in [-0.4, -0.2) is 44.8 Å². The largest absolute Gasteiger partial charge is 0.497 e. The van der Waals surface area contributed by atoms with Gasteiger partial charge in [0.1, 0.15) is 12.1 Å². The van der Waals surface area contributed by atoms with Crippen LogP contribution in [0.5, 0.6) is 11.6 Å². The number of nitrogens with zero attached hydrogens (tertiary/aromatic N) is 4. The van der Waals surface area contributed by atoms with E-state index in [1.165, 1.54) is 47.9 Å². The highest BCUT2D eigenvalue weighted by Gasteiger charge is 2.29. The maximum Gasteiger partial charge on any atom is 0.230 e. The van der Waals surface area contributed by atoms with Gasteiger partial charge in [0.25, 0.3) is 0 Å². The van der Waals surface area contributed by atoms with Crippen molar-refractivity contribution in [2.75, 3.05) is 20.2 Å². The SMILES string of the molecule is COc1cccc(C(c2sc3ncnn3c2O)N2CCCCCC2)c1. The molecule has 4 rings (SSSR count). The van der Waals surface area contributed by atoms with Crippen LogP contribution >= 0.6 is 11.3 Å². The number of likely N-dealkylation sites (tertiary alicyclic amines) is 1. The van der Waals surface area contributed by atoms with Crippen molar-refractivity contribution in [2.24, 2.45) is 0 Å². The van der Waals surface area contributed by atoms with Crippen LogP contribution < -0.4 is 4.74 Å². The van der Waals surface area contributed by atoms with Crippen molar-refractivity contribution in [3.63, 3.8) is 0 Å². The maximum atomic E-state index is 10.8. The van der Waals surface area contributed by atoms with E-state index in [9.17, 15) is 5.11 Å². The van der Waals surface area contributed by atoms with Crippen LogP contribution in [0.4, 0.5) is 0 Å². The number of methoxy groups -OCH3 is 1. The average Bonchev–Trinajstić information content (AvgIpc) is 3.10. The fourth-order valence-corrected chi connectivity index (χ4v) is 4.66. The second-order valence-electron chi connectivity index (χ2n) is 6.37. The van der Waals surface area contributed by atoms with Crippen LogP contribution in [0.1, 0.15) is 42.2 Å². The van der Waals surface area contributed by atoms with Crippen molar-refractivity contribution in [1.82, 2.24) is 19.5 Å². The highest BCUT2D eigenvalue weighted by molar-refractivity contribution is 7.17. The minimum Gasteiger partial charge on any atom is -0.497 e. The molecule has 132 valence electrons. The van der Waals surface area contributed by atoms with Crippen molar-refractivity contribution in [3.05, 3.63) is 41.0 Å². The summed E-state index contributed by atoms with van der Waals surface area (Å²) in [5.41, 5.74) is 1.13. The third-order valence-corrected chi connectivity index (χ3v) is 5.89. The molecule has 0 spiro atoms. The first-order valence-electron chi connectivity index (χ1n) is 8.67. The number of ether oxygens (including phenoxy) is 1. The molecule has 1 aromatic carbocycles. The first-order chi connectivity index (χ1) is 12.3. The number of hydrogen-bond donors (Lipinski definition) is 1. The quantitative estimate of drug-likeness (QED) is 0.774. The van der Waals surface area contributed by atoms with Gasteiger partial charge in [0, 0.05) is 0 Å². The summed E-state index contributed by atoms with van der Waals surface area (Å²) in [6, 6.07) is 8.11. The maximum absolute atomic E-state index is 10.8. The van der Waals surface area contributed by atoms with Gasteiger partial charge in [-0.1, -0.05) is 36.3 Å². The lowest BCUT2D eigenvalue weighted by atomic mass is 10.0. The van der Waals surface area contributed by atoms with Crippen LogP contribution in [0, 0.1) is 0 Å². The zero-order valence-corrected chi connectivity index (χ0v) is 15.1. The number of benzene rings is 1. The van der Waals surface area contributed by atoms with Crippen molar-refractivity contribution >= 4 is 16.3 Å². The molecule has 0 aliphatic carbocycles. The number of rotatable bonds is 4. The predicted octanol–water partition coefficient (Wildman–Crippen LogP) is 3.47. The Balaban J connectivity index is 1.82. The second kappa shape index (κ2) is 7.01. The van der Waals surface area contributed by atoms with Gasteiger partial charge in [-0.2, -0.15) is 9.61 Å². The molecular formula is C18H22N4O2S. The normalized spacial score (nSPS) is 17.5. The average molecular weight is 358 g/mol. The Morgan fingerprint density at radius 1 is 1.20 bits per heavy atom. The predicted molar refractivity (Wildman–Crippen MR) is 97.4 cm³/mol. The molecule has 1 saturated heterocycles.